The number of hydrogen-bond acceptors (Lipinski definition) is 3. The second-order valence-corrected chi connectivity index (χ2v) is 8.33. The van der Waals surface area contributed by atoms with Gasteiger partial charge in [0.2, 0.25) is 0 Å². The zero-order chi connectivity index (χ0) is 19.2. The molecule has 3 aromatic rings. The minimum atomic E-state index is -0.0753. The third-order valence-electron chi connectivity index (χ3n) is 5.56. The molecule has 4 nitrogen and oxygen atoms in total. The van der Waals surface area contributed by atoms with Gasteiger partial charge >= 0.3 is 6.03 Å². The first kappa shape index (κ1) is 19.0. The summed E-state index contributed by atoms with van der Waals surface area (Å²) in [7, 11) is 0. The molecule has 2 heterocycles. The summed E-state index contributed by atoms with van der Waals surface area (Å²) in [5, 5.41) is 12.8. The first-order valence-corrected chi connectivity index (χ1v) is 10.9. The van der Waals surface area contributed by atoms with Crippen molar-refractivity contribution in [3.63, 3.8) is 0 Å². The van der Waals surface area contributed by atoms with E-state index in [-0.39, 0.29) is 6.03 Å². The van der Waals surface area contributed by atoms with Crippen molar-refractivity contribution in [2.24, 2.45) is 5.92 Å². The molecule has 2 N–H and O–H groups in total. The number of fused-ring (bicyclic) bond motifs is 1. The molecule has 1 saturated heterocycles. The fraction of sp³-hybridized carbons (Fsp3) is 0.348. The number of carbonyl (C=O) groups is 1. The SMILES string of the molecule is O=C(NCc1cccc2ccccc12)NCC1CCN(Cc2ccsc2)CC1. The average molecular weight is 394 g/mol. The van der Waals surface area contributed by atoms with Crippen LogP contribution in [0.25, 0.3) is 10.8 Å². The number of hydrogen-bond donors (Lipinski definition) is 2. The van der Waals surface area contributed by atoms with Gasteiger partial charge in [-0.1, -0.05) is 42.5 Å². The smallest absolute Gasteiger partial charge is 0.315 e. The standard InChI is InChI=1S/C23H27N3OS/c27-23(25-15-21-6-3-5-20-4-1-2-7-22(20)21)24-14-18-8-11-26(12-9-18)16-19-10-13-28-17-19/h1-7,10,13,17-18H,8-9,11-12,14-16H2,(H2,24,25,27). The Morgan fingerprint density at radius 1 is 1.04 bits per heavy atom. The number of nitrogens with one attached hydrogen (secondary N) is 2. The van der Waals surface area contributed by atoms with E-state index >= 15 is 0 Å². The Kier molecular flexibility index (Phi) is 6.24. The monoisotopic (exact) mass is 393 g/mol. The van der Waals surface area contributed by atoms with Crippen molar-refractivity contribution >= 4 is 28.1 Å². The Morgan fingerprint density at radius 2 is 1.86 bits per heavy atom. The van der Waals surface area contributed by atoms with Crippen molar-refractivity contribution < 1.29 is 4.79 Å². The molecule has 0 spiro atoms. The molecule has 5 heteroatoms. The highest BCUT2D eigenvalue weighted by Gasteiger charge is 2.19. The van der Waals surface area contributed by atoms with Crippen molar-refractivity contribution in [3.05, 3.63) is 70.4 Å². The van der Waals surface area contributed by atoms with E-state index < -0.39 is 0 Å². The Balaban J connectivity index is 1.19. The average Bonchev–Trinajstić information content (AvgIpc) is 3.25. The van der Waals surface area contributed by atoms with Gasteiger partial charge in [0.1, 0.15) is 0 Å². The lowest BCUT2D eigenvalue weighted by molar-refractivity contribution is 0.175. The van der Waals surface area contributed by atoms with Gasteiger partial charge in [-0.15, -0.1) is 0 Å². The summed E-state index contributed by atoms with van der Waals surface area (Å²) in [6.07, 6.45) is 2.29. The maximum atomic E-state index is 12.2. The quantitative estimate of drug-likeness (QED) is 0.642. The predicted octanol–water partition coefficient (Wildman–Crippen LogP) is 4.61. The van der Waals surface area contributed by atoms with Crippen molar-refractivity contribution in [1.29, 1.82) is 0 Å². The molecule has 28 heavy (non-hydrogen) atoms. The summed E-state index contributed by atoms with van der Waals surface area (Å²) in [5.74, 6) is 0.571. The minimum absolute atomic E-state index is 0.0753. The van der Waals surface area contributed by atoms with Gasteiger partial charge in [0.15, 0.2) is 0 Å². The van der Waals surface area contributed by atoms with E-state index in [0.29, 0.717) is 12.5 Å². The molecule has 4 rings (SSSR count). The third kappa shape index (κ3) is 4.91. The molecule has 1 aromatic heterocycles. The summed E-state index contributed by atoms with van der Waals surface area (Å²) in [6.45, 7) is 4.58. The summed E-state index contributed by atoms with van der Waals surface area (Å²) >= 11 is 1.76. The van der Waals surface area contributed by atoms with E-state index in [9.17, 15) is 4.79 Å². The van der Waals surface area contributed by atoms with Crippen molar-refractivity contribution in [2.45, 2.75) is 25.9 Å². The zero-order valence-corrected chi connectivity index (χ0v) is 16.9. The van der Waals surface area contributed by atoms with Crippen molar-refractivity contribution in [1.82, 2.24) is 15.5 Å². The molecule has 0 aliphatic carbocycles. The Labute approximate surface area is 170 Å². The van der Waals surface area contributed by atoms with Crippen LogP contribution in [0.4, 0.5) is 4.79 Å². The van der Waals surface area contributed by atoms with Crippen LogP contribution in [0.2, 0.25) is 0 Å². The highest BCUT2D eigenvalue weighted by Crippen LogP contribution is 2.20. The summed E-state index contributed by atoms with van der Waals surface area (Å²) in [6, 6.07) is 16.6. The van der Waals surface area contributed by atoms with Gasteiger partial charge in [0.05, 0.1) is 0 Å². The zero-order valence-electron chi connectivity index (χ0n) is 16.1. The van der Waals surface area contributed by atoms with Crippen LogP contribution in [0, 0.1) is 5.92 Å². The molecule has 0 atom stereocenters. The molecule has 1 aliphatic rings. The fourth-order valence-electron chi connectivity index (χ4n) is 3.91. The number of thiophene rings is 1. The van der Waals surface area contributed by atoms with Crippen LogP contribution in [0.5, 0.6) is 0 Å². The molecule has 2 amide bonds. The third-order valence-corrected chi connectivity index (χ3v) is 6.30. The largest absolute Gasteiger partial charge is 0.338 e. The van der Waals surface area contributed by atoms with E-state index in [1.54, 1.807) is 11.3 Å². The molecule has 146 valence electrons. The first-order chi connectivity index (χ1) is 13.8. The van der Waals surface area contributed by atoms with Crippen LogP contribution in [-0.2, 0) is 13.1 Å². The number of carbonyl (C=O) groups excluding carboxylic acids is 1. The number of amides is 2. The molecule has 0 saturated carbocycles. The molecule has 0 unspecified atom stereocenters. The highest BCUT2D eigenvalue weighted by molar-refractivity contribution is 7.07. The lowest BCUT2D eigenvalue weighted by Gasteiger charge is -2.31. The molecule has 1 aliphatic heterocycles. The second kappa shape index (κ2) is 9.22. The lowest BCUT2D eigenvalue weighted by Crippen LogP contribution is -2.41. The van der Waals surface area contributed by atoms with Crippen LogP contribution >= 0.6 is 11.3 Å². The van der Waals surface area contributed by atoms with Gasteiger partial charge in [-0.05, 0) is 70.6 Å². The van der Waals surface area contributed by atoms with E-state index in [1.807, 2.05) is 18.2 Å². The van der Waals surface area contributed by atoms with Gasteiger partial charge in [0, 0.05) is 19.6 Å². The predicted molar refractivity (Wildman–Crippen MR) is 117 cm³/mol. The van der Waals surface area contributed by atoms with Crippen molar-refractivity contribution in [2.75, 3.05) is 19.6 Å². The Bertz CT molecular complexity index is 896. The highest BCUT2D eigenvalue weighted by atomic mass is 32.1. The van der Waals surface area contributed by atoms with E-state index in [1.165, 1.54) is 16.3 Å². The molecular formula is C23H27N3OS. The number of urea groups is 1. The van der Waals surface area contributed by atoms with Crippen LogP contribution < -0.4 is 10.6 Å². The van der Waals surface area contributed by atoms with E-state index in [0.717, 1.165) is 44.6 Å². The number of benzene rings is 2. The van der Waals surface area contributed by atoms with Crippen LogP contribution in [-0.4, -0.2) is 30.6 Å². The van der Waals surface area contributed by atoms with Crippen LogP contribution in [0.3, 0.4) is 0 Å². The van der Waals surface area contributed by atoms with Crippen molar-refractivity contribution in [3.8, 4) is 0 Å². The van der Waals surface area contributed by atoms with Gasteiger partial charge in [-0.2, -0.15) is 11.3 Å². The Hall–Kier alpha value is -2.37. The fourth-order valence-corrected chi connectivity index (χ4v) is 4.57. The number of rotatable bonds is 6. The number of nitrogens with zero attached hydrogens (tertiary/aromatic N) is 1. The Morgan fingerprint density at radius 3 is 2.68 bits per heavy atom. The summed E-state index contributed by atoms with van der Waals surface area (Å²) < 4.78 is 0. The van der Waals surface area contributed by atoms with Gasteiger partial charge in [-0.25, -0.2) is 4.79 Å². The second-order valence-electron chi connectivity index (χ2n) is 7.55. The molecular weight excluding hydrogens is 366 g/mol. The molecule has 0 bridgehead atoms. The van der Waals surface area contributed by atoms with Gasteiger partial charge < -0.3 is 10.6 Å². The number of piperidine rings is 1. The van der Waals surface area contributed by atoms with Crippen LogP contribution in [0.15, 0.2) is 59.3 Å². The molecule has 0 radical (unpaired) electrons. The maximum Gasteiger partial charge on any atom is 0.315 e. The number of likely N-dealkylation sites (tertiary alicyclic amines) is 1. The van der Waals surface area contributed by atoms with E-state index in [2.05, 4.69) is 56.6 Å². The first-order valence-electron chi connectivity index (χ1n) is 10.00. The minimum Gasteiger partial charge on any atom is -0.338 e. The van der Waals surface area contributed by atoms with E-state index in [4.69, 9.17) is 0 Å². The maximum absolute atomic E-state index is 12.2. The molecule has 1 fully saturated rings. The summed E-state index contributed by atoms with van der Waals surface area (Å²) in [4.78, 5) is 14.8. The lowest BCUT2D eigenvalue weighted by atomic mass is 9.96. The topological polar surface area (TPSA) is 44.4 Å². The summed E-state index contributed by atoms with van der Waals surface area (Å²) in [5.41, 5.74) is 2.56. The normalized spacial score (nSPS) is 15.6. The van der Waals surface area contributed by atoms with Crippen LogP contribution in [0.1, 0.15) is 24.0 Å². The van der Waals surface area contributed by atoms with Gasteiger partial charge in [0.25, 0.3) is 0 Å². The van der Waals surface area contributed by atoms with Gasteiger partial charge in [-0.3, -0.25) is 4.90 Å². The molecule has 2 aromatic carbocycles.